The van der Waals surface area contributed by atoms with Crippen LogP contribution < -0.4 is 14.4 Å². The summed E-state index contributed by atoms with van der Waals surface area (Å²) in [6.07, 6.45) is 1.09. The van der Waals surface area contributed by atoms with Gasteiger partial charge in [-0.25, -0.2) is 8.42 Å². The topological polar surface area (TPSA) is 75.7 Å². The maximum Gasteiger partial charge on any atom is 0.243 e. The standard InChI is InChI=1S/C20H26N2O4S2/c1-15-8-10-19(11-9-15)27-13-12-21-20(23)16(2)22(28(4,24)25)17-6-5-7-18(14-17)26-3/h5-11,14,16H,12-13H2,1-4H3,(H,21,23). The van der Waals surface area contributed by atoms with Crippen molar-refractivity contribution in [2.75, 3.05) is 30.0 Å². The molecule has 2 aromatic carbocycles. The number of sulfonamides is 1. The lowest BCUT2D eigenvalue weighted by Crippen LogP contribution is -2.48. The van der Waals surface area contributed by atoms with E-state index in [1.165, 1.54) is 12.7 Å². The number of nitrogens with zero attached hydrogens (tertiary/aromatic N) is 1. The highest BCUT2D eigenvalue weighted by Gasteiger charge is 2.29. The zero-order valence-corrected chi connectivity index (χ0v) is 18.1. The van der Waals surface area contributed by atoms with E-state index in [0.29, 0.717) is 23.7 Å². The molecule has 0 aliphatic carbocycles. The summed E-state index contributed by atoms with van der Waals surface area (Å²) in [5, 5.41) is 2.82. The summed E-state index contributed by atoms with van der Waals surface area (Å²) < 4.78 is 30.9. The summed E-state index contributed by atoms with van der Waals surface area (Å²) in [6, 6.07) is 13.9. The van der Waals surface area contributed by atoms with Gasteiger partial charge >= 0.3 is 0 Å². The average Bonchev–Trinajstić information content (AvgIpc) is 2.65. The monoisotopic (exact) mass is 422 g/mol. The van der Waals surface area contributed by atoms with Crippen molar-refractivity contribution in [2.45, 2.75) is 24.8 Å². The third kappa shape index (κ3) is 6.17. The van der Waals surface area contributed by atoms with Gasteiger partial charge in [-0.2, -0.15) is 0 Å². The number of hydrogen-bond donors (Lipinski definition) is 1. The van der Waals surface area contributed by atoms with E-state index in [-0.39, 0.29) is 5.91 Å². The number of ether oxygens (including phenoxy) is 1. The molecule has 2 aromatic rings. The first-order chi connectivity index (χ1) is 13.2. The van der Waals surface area contributed by atoms with E-state index in [1.807, 2.05) is 31.2 Å². The second kappa shape index (κ2) is 9.84. The molecule has 0 aliphatic heterocycles. The van der Waals surface area contributed by atoms with E-state index in [2.05, 4.69) is 5.32 Å². The molecule has 0 radical (unpaired) electrons. The molecule has 1 N–H and O–H groups in total. The largest absolute Gasteiger partial charge is 0.497 e. The highest BCUT2D eigenvalue weighted by molar-refractivity contribution is 7.99. The number of carbonyl (C=O) groups is 1. The smallest absolute Gasteiger partial charge is 0.243 e. The van der Waals surface area contributed by atoms with Crippen LogP contribution in [0.4, 0.5) is 5.69 Å². The first kappa shape index (κ1) is 22.1. The zero-order valence-electron chi connectivity index (χ0n) is 16.5. The number of hydrogen-bond acceptors (Lipinski definition) is 5. The van der Waals surface area contributed by atoms with Gasteiger partial charge in [0.25, 0.3) is 0 Å². The van der Waals surface area contributed by atoms with E-state index in [4.69, 9.17) is 4.74 Å². The summed E-state index contributed by atoms with van der Waals surface area (Å²) in [7, 11) is -2.15. The number of amides is 1. The van der Waals surface area contributed by atoms with Crippen LogP contribution in [0.15, 0.2) is 53.4 Å². The number of carbonyl (C=O) groups excluding carboxylic acids is 1. The molecule has 8 heteroatoms. The van der Waals surface area contributed by atoms with E-state index in [9.17, 15) is 13.2 Å². The SMILES string of the molecule is COc1cccc(N(C(C)C(=O)NCCSc2ccc(C)cc2)S(C)(=O)=O)c1. The normalized spacial score (nSPS) is 12.3. The van der Waals surface area contributed by atoms with Crippen molar-refractivity contribution in [3.05, 3.63) is 54.1 Å². The number of aryl methyl sites for hydroxylation is 1. The zero-order chi connectivity index (χ0) is 20.7. The second-order valence-electron chi connectivity index (χ2n) is 6.39. The van der Waals surface area contributed by atoms with Gasteiger partial charge in [0.15, 0.2) is 0 Å². The Bertz CT molecular complexity index is 899. The van der Waals surface area contributed by atoms with Crippen molar-refractivity contribution < 1.29 is 17.9 Å². The Morgan fingerprint density at radius 1 is 1.21 bits per heavy atom. The minimum absolute atomic E-state index is 0.349. The Balaban J connectivity index is 2.00. The predicted molar refractivity (Wildman–Crippen MR) is 115 cm³/mol. The third-order valence-electron chi connectivity index (χ3n) is 4.09. The summed E-state index contributed by atoms with van der Waals surface area (Å²) in [4.78, 5) is 13.7. The highest BCUT2D eigenvalue weighted by atomic mass is 32.2. The number of rotatable bonds is 9. The number of thioether (sulfide) groups is 1. The molecular formula is C20H26N2O4S2. The minimum atomic E-state index is -3.65. The lowest BCUT2D eigenvalue weighted by atomic mass is 10.2. The van der Waals surface area contributed by atoms with Crippen LogP contribution in [0.2, 0.25) is 0 Å². The Labute approximate surface area is 171 Å². The van der Waals surface area contributed by atoms with Gasteiger partial charge < -0.3 is 10.1 Å². The quantitative estimate of drug-likeness (QED) is 0.497. The van der Waals surface area contributed by atoms with Crippen molar-refractivity contribution in [1.82, 2.24) is 5.32 Å². The molecule has 0 fully saturated rings. The third-order valence-corrected chi connectivity index (χ3v) is 6.34. The van der Waals surface area contributed by atoms with Crippen molar-refractivity contribution >= 4 is 33.4 Å². The van der Waals surface area contributed by atoms with Crippen molar-refractivity contribution in [3.8, 4) is 5.75 Å². The van der Waals surface area contributed by atoms with Gasteiger partial charge in [-0.3, -0.25) is 9.10 Å². The van der Waals surface area contributed by atoms with Gasteiger partial charge in [-0.15, -0.1) is 11.8 Å². The molecule has 0 spiro atoms. The molecular weight excluding hydrogens is 396 g/mol. The molecule has 28 heavy (non-hydrogen) atoms. The molecule has 1 atom stereocenters. The fraction of sp³-hybridized carbons (Fsp3) is 0.350. The van der Waals surface area contributed by atoms with Crippen LogP contribution in [-0.2, 0) is 14.8 Å². The van der Waals surface area contributed by atoms with Crippen LogP contribution in [0, 0.1) is 6.92 Å². The Hall–Kier alpha value is -2.19. The molecule has 0 saturated carbocycles. The Kier molecular flexibility index (Phi) is 7.77. The number of nitrogens with one attached hydrogen (secondary N) is 1. The fourth-order valence-electron chi connectivity index (χ4n) is 2.68. The molecule has 1 amide bonds. The summed E-state index contributed by atoms with van der Waals surface area (Å²) in [5.74, 6) is 0.866. The van der Waals surface area contributed by atoms with Crippen LogP contribution in [0.1, 0.15) is 12.5 Å². The lowest BCUT2D eigenvalue weighted by molar-refractivity contribution is -0.121. The first-order valence-corrected chi connectivity index (χ1v) is 11.7. The van der Waals surface area contributed by atoms with Gasteiger partial charge in [0, 0.05) is 23.3 Å². The van der Waals surface area contributed by atoms with E-state index in [1.54, 1.807) is 43.0 Å². The fourth-order valence-corrected chi connectivity index (χ4v) is 4.62. The van der Waals surface area contributed by atoms with E-state index < -0.39 is 16.1 Å². The highest BCUT2D eigenvalue weighted by Crippen LogP contribution is 2.25. The van der Waals surface area contributed by atoms with Crippen LogP contribution >= 0.6 is 11.8 Å². The van der Waals surface area contributed by atoms with Crippen molar-refractivity contribution in [2.24, 2.45) is 0 Å². The van der Waals surface area contributed by atoms with Gasteiger partial charge in [-0.1, -0.05) is 23.8 Å². The van der Waals surface area contributed by atoms with Crippen LogP contribution in [0.5, 0.6) is 5.75 Å². The predicted octanol–water partition coefficient (Wildman–Crippen LogP) is 3.07. The maximum atomic E-state index is 12.6. The van der Waals surface area contributed by atoms with Crippen molar-refractivity contribution in [3.63, 3.8) is 0 Å². The summed E-state index contributed by atoms with van der Waals surface area (Å²) in [6.45, 7) is 4.05. The molecule has 0 heterocycles. The summed E-state index contributed by atoms with van der Waals surface area (Å²) in [5.41, 5.74) is 1.59. The van der Waals surface area contributed by atoms with Gasteiger partial charge in [0.1, 0.15) is 11.8 Å². The van der Waals surface area contributed by atoms with Gasteiger partial charge in [0.05, 0.1) is 19.1 Å². The van der Waals surface area contributed by atoms with Gasteiger partial charge in [0.2, 0.25) is 15.9 Å². The number of anilines is 1. The van der Waals surface area contributed by atoms with Crippen molar-refractivity contribution in [1.29, 1.82) is 0 Å². The minimum Gasteiger partial charge on any atom is -0.497 e. The molecule has 0 saturated heterocycles. The Morgan fingerprint density at radius 2 is 1.89 bits per heavy atom. The molecule has 0 bridgehead atoms. The Morgan fingerprint density at radius 3 is 2.50 bits per heavy atom. The lowest BCUT2D eigenvalue weighted by Gasteiger charge is -2.28. The first-order valence-electron chi connectivity index (χ1n) is 8.83. The van der Waals surface area contributed by atoms with Crippen LogP contribution in [0.25, 0.3) is 0 Å². The van der Waals surface area contributed by atoms with Crippen LogP contribution in [-0.4, -0.2) is 46.0 Å². The van der Waals surface area contributed by atoms with Gasteiger partial charge in [-0.05, 0) is 38.1 Å². The molecule has 152 valence electrons. The molecule has 2 rings (SSSR count). The van der Waals surface area contributed by atoms with Crippen LogP contribution in [0.3, 0.4) is 0 Å². The van der Waals surface area contributed by atoms with E-state index >= 15 is 0 Å². The maximum absolute atomic E-state index is 12.6. The number of methoxy groups -OCH3 is 1. The molecule has 0 aromatic heterocycles. The molecule has 0 aliphatic rings. The van der Waals surface area contributed by atoms with E-state index in [0.717, 1.165) is 15.5 Å². The molecule has 6 nitrogen and oxygen atoms in total. The molecule has 1 unspecified atom stereocenters. The average molecular weight is 423 g/mol. The summed E-state index contributed by atoms with van der Waals surface area (Å²) >= 11 is 1.63. The number of benzene rings is 2. The second-order valence-corrected chi connectivity index (χ2v) is 9.42.